The largest absolute Gasteiger partial charge is 0.355 e. The fourth-order valence-corrected chi connectivity index (χ4v) is 1.34. The van der Waals surface area contributed by atoms with Crippen molar-refractivity contribution in [2.45, 2.75) is 19.8 Å². The lowest BCUT2D eigenvalue weighted by atomic mass is 10.1. The van der Waals surface area contributed by atoms with Gasteiger partial charge in [0, 0.05) is 27.3 Å². The Balaban J connectivity index is 2.40. The number of nitrogens with one attached hydrogen (secondary N) is 1. The molecule has 1 aromatic carbocycles. The van der Waals surface area contributed by atoms with E-state index in [4.69, 9.17) is 9.47 Å². The third-order valence-corrected chi connectivity index (χ3v) is 2.40. The summed E-state index contributed by atoms with van der Waals surface area (Å²) >= 11 is 0. The van der Waals surface area contributed by atoms with Crippen molar-refractivity contribution in [2.75, 3.05) is 20.8 Å². The van der Waals surface area contributed by atoms with E-state index in [0.717, 1.165) is 5.56 Å². The average Bonchev–Trinajstić information content (AvgIpc) is 2.29. The molecule has 1 aromatic rings. The summed E-state index contributed by atoms with van der Waals surface area (Å²) in [6.45, 7) is 2.92. The standard InChI is InChI=1S/C12H18FNO2/c1-9-4-5-10(6-11(9)13)7-14-8-12(15-2)16-3/h4-6,12,14H,7-8H2,1-3H3. The van der Waals surface area contributed by atoms with E-state index in [1.165, 1.54) is 6.07 Å². The van der Waals surface area contributed by atoms with Crippen LogP contribution in [0.15, 0.2) is 18.2 Å². The van der Waals surface area contributed by atoms with Gasteiger partial charge in [-0.25, -0.2) is 4.39 Å². The fourth-order valence-electron chi connectivity index (χ4n) is 1.34. The Morgan fingerprint density at radius 2 is 2.00 bits per heavy atom. The summed E-state index contributed by atoms with van der Waals surface area (Å²) < 4.78 is 23.3. The molecule has 16 heavy (non-hydrogen) atoms. The van der Waals surface area contributed by atoms with Crippen LogP contribution in [0, 0.1) is 12.7 Å². The van der Waals surface area contributed by atoms with Crippen LogP contribution in [0.3, 0.4) is 0 Å². The number of halogens is 1. The zero-order chi connectivity index (χ0) is 12.0. The smallest absolute Gasteiger partial charge is 0.169 e. The van der Waals surface area contributed by atoms with Gasteiger partial charge in [0.1, 0.15) is 5.82 Å². The molecule has 0 spiro atoms. The molecule has 0 saturated heterocycles. The summed E-state index contributed by atoms with van der Waals surface area (Å²) in [5.74, 6) is -0.172. The van der Waals surface area contributed by atoms with Crippen LogP contribution in [0.4, 0.5) is 4.39 Å². The fraction of sp³-hybridized carbons (Fsp3) is 0.500. The normalized spacial score (nSPS) is 11.1. The van der Waals surface area contributed by atoms with Gasteiger partial charge in [0.05, 0.1) is 0 Å². The van der Waals surface area contributed by atoms with Crippen molar-refractivity contribution in [3.05, 3.63) is 35.1 Å². The highest BCUT2D eigenvalue weighted by Crippen LogP contribution is 2.08. The summed E-state index contributed by atoms with van der Waals surface area (Å²) in [7, 11) is 3.17. The van der Waals surface area contributed by atoms with Crippen LogP contribution in [0.5, 0.6) is 0 Å². The van der Waals surface area contributed by atoms with Crippen molar-refractivity contribution >= 4 is 0 Å². The highest BCUT2D eigenvalue weighted by Gasteiger charge is 2.04. The van der Waals surface area contributed by atoms with Crippen LogP contribution in [0.2, 0.25) is 0 Å². The second-order valence-electron chi connectivity index (χ2n) is 3.62. The molecule has 0 aromatic heterocycles. The van der Waals surface area contributed by atoms with Gasteiger partial charge in [-0.1, -0.05) is 12.1 Å². The van der Waals surface area contributed by atoms with E-state index >= 15 is 0 Å². The van der Waals surface area contributed by atoms with E-state index < -0.39 is 0 Å². The van der Waals surface area contributed by atoms with E-state index in [0.29, 0.717) is 18.7 Å². The van der Waals surface area contributed by atoms with E-state index in [1.807, 2.05) is 6.07 Å². The number of hydrogen-bond donors (Lipinski definition) is 1. The Morgan fingerprint density at radius 1 is 1.31 bits per heavy atom. The first-order chi connectivity index (χ1) is 7.67. The van der Waals surface area contributed by atoms with Crippen molar-refractivity contribution in [1.29, 1.82) is 0 Å². The van der Waals surface area contributed by atoms with Crippen LogP contribution >= 0.6 is 0 Å². The highest BCUT2D eigenvalue weighted by molar-refractivity contribution is 5.23. The number of benzene rings is 1. The molecule has 0 bridgehead atoms. The summed E-state index contributed by atoms with van der Waals surface area (Å²) in [4.78, 5) is 0. The summed E-state index contributed by atoms with van der Waals surface area (Å²) in [5, 5.41) is 3.13. The van der Waals surface area contributed by atoms with Crippen LogP contribution < -0.4 is 5.32 Å². The first-order valence-electron chi connectivity index (χ1n) is 5.18. The topological polar surface area (TPSA) is 30.5 Å². The van der Waals surface area contributed by atoms with Gasteiger partial charge in [0.15, 0.2) is 6.29 Å². The summed E-state index contributed by atoms with van der Waals surface area (Å²) in [6.07, 6.45) is -0.268. The second-order valence-corrected chi connectivity index (χ2v) is 3.62. The predicted molar refractivity (Wildman–Crippen MR) is 60.6 cm³/mol. The van der Waals surface area contributed by atoms with Crippen LogP contribution in [0.25, 0.3) is 0 Å². The molecule has 1 rings (SSSR count). The van der Waals surface area contributed by atoms with Crippen LogP contribution in [-0.2, 0) is 16.0 Å². The molecule has 0 fully saturated rings. The molecule has 0 aliphatic heterocycles. The van der Waals surface area contributed by atoms with Crippen molar-refractivity contribution in [2.24, 2.45) is 0 Å². The number of rotatable bonds is 6. The van der Waals surface area contributed by atoms with Crippen molar-refractivity contribution in [3.63, 3.8) is 0 Å². The number of aryl methyl sites for hydroxylation is 1. The molecule has 3 nitrogen and oxygen atoms in total. The van der Waals surface area contributed by atoms with Gasteiger partial charge in [-0.2, -0.15) is 0 Å². The van der Waals surface area contributed by atoms with E-state index in [-0.39, 0.29) is 12.1 Å². The lowest BCUT2D eigenvalue weighted by Crippen LogP contribution is -2.29. The number of methoxy groups -OCH3 is 2. The van der Waals surface area contributed by atoms with E-state index in [9.17, 15) is 4.39 Å². The summed E-state index contributed by atoms with van der Waals surface area (Å²) in [5.41, 5.74) is 1.57. The Hall–Kier alpha value is -0.970. The number of hydrogen-bond acceptors (Lipinski definition) is 3. The lowest BCUT2D eigenvalue weighted by Gasteiger charge is -2.14. The average molecular weight is 227 g/mol. The van der Waals surface area contributed by atoms with Gasteiger partial charge in [-0.05, 0) is 24.1 Å². The molecule has 0 aliphatic carbocycles. The maximum Gasteiger partial charge on any atom is 0.169 e. The predicted octanol–water partition coefficient (Wildman–Crippen LogP) is 1.84. The maximum atomic E-state index is 13.2. The maximum absolute atomic E-state index is 13.2. The minimum absolute atomic E-state index is 0.172. The monoisotopic (exact) mass is 227 g/mol. The third-order valence-electron chi connectivity index (χ3n) is 2.40. The third kappa shape index (κ3) is 3.89. The van der Waals surface area contributed by atoms with E-state index in [1.54, 1.807) is 27.2 Å². The molecule has 0 aliphatic rings. The lowest BCUT2D eigenvalue weighted by molar-refractivity contribution is -0.0989. The van der Waals surface area contributed by atoms with Gasteiger partial charge >= 0.3 is 0 Å². The highest BCUT2D eigenvalue weighted by atomic mass is 19.1. The van der Waals surface area contributed by atoms with Gasteiger partial charge in [0.25, 0.3) is 0 Å². The number of ether oxygens (including phenoxy) is 2. The quantitative estimate of drug-likeness (QED) is 0.752. The molecular formula is C12H18FNO2. The first kappa shape index (κ1) is 13.1. The van der Waals surface area contributed by atoms with E-state index in [2.05, 4.69) is 5.32 Å². The molecule has 0 saturated carbocycles. The van der Waals surface area contributed by atoms with Crippen LogP contribution in [-0.4, -0.2) is 27.1 Å². The van der Waals surface area contributed by atoms with Gasteiger partial charge in [-0.15, -0.1) is 0 Å². The van der Waals surface area contributed by atoms with Gasteiger partial charge in [0.2, 0.25) is 0 Å². The Bertz CT molecular complexity index is 327. The Morgan fingerprint density at radius 3 is 2.56 bits per heavy atom. The zero-order valence-corrected chi connectivity index (χ0v) is 9.92. The molecule has 0 unspecified atom stereocenters. The van der Waals surface area contributed by atoms with Crippen molar-refractivity contribution in [3.8, 4) is 0 Å². The molecule has 90 valence electrons. The minimum Gasteiger partial charge on any atom is -0.355 e. The van der Waals surface area contributed by atoms with Gasteiger partial charge < -0.3 is 14.8 Å². The second kappa shape index (κ2) is 6.58. The Kier molecular flexibility index (Phi) is 5.38. The van der Waals surface area contributed by atoms with Crippen LogP contribution in [0.1, 0.15) is 11.1 Å². The zero-order valence-electron chi connectivity index (χ0n) is 9.92. The Labute approximate surface area is 95.6 Å². The first-order valence-corrected chi connectivity index (χ1v) is 5.18. The molecule has 0 amide bonds. The van der Waals surface area contributed by atoms with Crippen molar-refractivity contribution < 1.29 is 13.9 Å². The minimum atomic E-state index is -0.268. The molecule has 0 atom stereocenters. The van der Waals surface area contributed by atoms with Gasteiger partial charge in [-0.3, -0.25) is 0 Å². The molecule has 0 heterocycles. The molecular weight excluding hydrogens is 209 g/mol. The summed E-state index contributed by atoms with van der Waals surface area (Å²) in [6, 6.07) is 5.22. The SMILES string of the molecule is COC(CNCc1ccc(C)c(F)c1)OC. The van der Waals surface area contributed by atoms with Crippen molar-refractivity contribution in [1.82, 2.24) is 5.32 Å². The molecule has 1 N–H and O–H groups in total. The molecule has 0 radical (unpaired) electrons. The molecule has 4 heteroatoms.